The Balaban J connectivity index is 1.29. The first-order valence-electron chi connectivity index (χ1n) is 8.96. The lowest BCUT2D eigenvalue weighted by Crippen LogP contribution is -2.46. The van der Waals surface area contributed by atoms with Crippen LogP contribution >= 0.6 is 0 Å². The molecule has 1 N–H and O–H groups in total. The Hall–Kier alpha value is -2.33. The predicted molar refractivity (Wildman–Crippen MR) is 98.9 cm³/mol. The van der Waals surface area contributed by atoms with E-state index in [1.807, 2.05) is 12.1 Å². The molecule has 25 heavy (non-hydrogen) atoms. The normalized spacial score (nSPS) is 17.6. The van der Waals surface area contributed by atoms with Crippen molar-refractivity contribution >= 4 is 11.6 Å². The summed E-state index contributed by atoms with van der Waals surface area (Å²) in [5.41, 5.74) is 5.01. The number of hydrogen-bond acceptors (Lipinski definition) is 3. The smallest absolute Gasteiger partial charge is 0.224 e. The first-order valence-corrected chi connectivity index (χ1v) is 8.96. The molecule has 2 aliphatic rings. The maximum atomic E-state index is 11.4. The van der Waals surface area contributed by atoms with Crippen molar-refractivity contribution in [2.24, 2.45) is 5.92 Å². The standard InChI is InChI=1S/C21H24N2O2/c1-25-19-6-2-15(3-7-19)12-23-13-17(14-23)10-16-4-8-20-18(11-16)5-9-21(24)22-20/h2-4,6-8,11,17H,5,9-10,12-14H2,1H3,(H,22,24). The molecule has 2 heterocycles. The molecule has 0 unspecified atom stereocenters. The fraction of sp³-hybridized carbons (Fsp3) is 0.381. The zero-order valence-corrected chi connectivity index (χ0v) is 14.6. The summed E-state index contributed by atoms with van der Waals surface area (Å²) in [6, 6.07) is 14.8. The van der Waals surface area contributed by atoms with Gasteiger partial charge >= 0.3 is 0 Å². The number of amides is 1. The van der Waals surface area contributed by atoms with E-state index in [4.69, 9.17) is 4.74 Å². The van der Waals surface area contributed by atoms with Gasteiger partial charge in [0, 0.05) is 31.7 Å². The molecule has 0 atom stereocenters. The first-order chi connectivity index (χ1) is 12.2. The van der Waals surface area contributed by atoms with Crippen LogP contribution in [0.3, 0.4) is 0 Å². The molecule has 0 bridgehead atoms. The Bertz CT molecular complexity index is 764. The summed E-state index contributed by atoms with van der Waals surface area (Å²) >= 11 is 0. The topological polar surface area (TPSA) is 41.6 Å². The number of ether oxygens (including phenoxy) is 1. The monoisotopic (exact) mass is 336 g/mol. The zero-order valence-electron chi connectivity index (χ0n) is 14.6. The second kappa shape index (κ2) is 6.89. The molecule has 2 aromatic rings. The number of carbonyl (C=O) groups is 1. The molecule has 0 aromatic heterocycles. The number of fused-ring (bicyclic) bond motifs is 1. The molecule has 0 radical (unpaired) electrons. The minimum Gasteiger partial charge on any atom is -0.497 e. The van der Waals surface area contributed by atoms with Crippen molar-refractivity contribution in [2.75, 3.05) is 25.5 Å². The van der Waals surface area contributed by atoms with E-state index in [1.54, 1.807) is 7.11 Å². The number of aryl methyl sites for hydroxylation is 1. The summed E-state index contributed by atoms with van der Waals surface area (Å²) in [5, 5.41) is 2.95. The van der Waals surface area contributed by atoms with Gasteiger partial charge in [0.2, 0.25) is 5.91 Å². The number of anilines is 1. The second-order valence-electron chi connectivity index (χ2n) is 7.15. The number of carbonyl (C=O) groups excluding carboxylic acids is 1. The quantitative estimate of drug-likeness (QED) is 0.911. The van der Waals surface area contributed by atoms with Gasteiger partial charge in [-0.05, 0) is 53.6 Å². The van der Waals surface area contributed by atoms with Crippen LogP contribution in [0.25, 0.3) is 0 Å². The summed E-state index contributed by atoms with van der Waals surface area (Å²) < 4.78 is 5.21. The lowest BCUT2D eigenvalue weighted by Gasteiger charge is -2.39. The first kappa shape index (κ1) is 16.2. The van der Waals surface area contributed by atoms with Crippen LogP contribution in [-0.2, 0) is 24.2 Å². The molecule has 0 aliphatic carbocycles. The number of likely N-dealkylation sites (tertiary alicyclic amines) is 1. The van der Waals surface area contributed by atoms with Crippen molar-refractivity contribution < 1.29 is 9.53 Å². The van der Waals surface area contributed by atoms with Crippen LogP contribution in [0.2, 0.25) is 0 Å². The highest BCUT2D eigenvalue weighted by Crippen LogP contribution is 2.27. The molecule has 1 amide bonds. The lowest BCUT2D eigenvalue weighted by molar-refractivity contribution is -0.116. The maximum Gasteiger partial charge on any atom is 0.224 e. The van der Waals surface area contributed by atoms with Gasteiger partial charge in [-0.25, -0.2) is 0 Å². The Labute approximate surface area is 148 Å². The average Bonchev–Trinajstić information content (AvgIpc) is 2.60. The Kier molecular flexibility index (Phi) is 4.45. The molecule has 0 spiro atoms. The third-order valence-corrected chi connectivity index (χ3v) is 5.19. The van der Waals surface area contributed by atoms with Crippen LogP contribution < -0.4 is 10.1 Å². The highest BCUT2D eigenvalue weighted by molar-refractivity contribution is 5.93. The Morgan fingerprint density at radius 1 is 1.08 bits per heavy atom. The van der Waals surface area contributed by atoms with Crippen molar-refractivity contribution in [1.29, 1.82) is 0 Å². The number of hydrogen-bond donors (Lipinski definition) is 1. The molecule has 4 rings (SSSR count). The number of benzene rings is 2. The van der Waals surface area contributed by atoms with Crippen molar-refractivity contribution in [1.82, 2.24) is 4.90 Å². The van der Waals surface area contributed by atoms with E-state index in [1.165, 1.54) is 16.7 Å². The highest BCUT2D eigenvalue weighted by atomic mass is 16.5. The van der Waals surface area contributed by atoms with Gasteiger partial charge < -0.3 is 10.1 Å². The van der Waals surface area contributed by atoms with Crippen molar-refractivity contribution in [2.45, 2.75) is 25.8 Å². The highest BCUT2D eigenvalue weighted by Gasteiger charge is 2.27. The molecular formula is C21H24N2O2. The Morgan fingerprint density at radius 3 is 2.60 bits per heavy atom. The molecule has 4 heteroatoms. The maximum absolute atomic E-state index is 11.4. The van der Waals surface area contributed by atoms with Gasteiger partial charge in [0.15, 0.2) is 0 Å². The minimum atomic E-state index is 0.133. The molecule has 1 saturated heterocycles. The van der Waals surface area contributed by atoms with Gasteiger partial charge in [0.05, 0.1) is 7.11 Å². The van der Waals surface area contributed by atoms with Gasteiger partial charge in [-0.15, -0.1) is 0 Å². The van der Waals surface area contributed by atoms with Crippen LogP contribution in [0, 0.1) is 5.92 Å². The molecule has 130 valence electrons. The van der Waals surface area contributed by atoms with Crippen LogP contribution in [-0.4, -0.2) is 31.0 Å². The number of methoxy groups -OCH3 is 1. The molecule has 2 aliphatic heterocycles. The Morgan fingerprint density at radius 2 is 1.84 bits per heavy atom. The fourth-order valence-corrected chi connectivity index (χ4v) is 3.82. The van der Waals surface area contributed by atoms with Gasteiger partial charge in [0.1, 0.15) is 5.75 Å². The second-order valence-corrected chi connectivity index (χ2v) is 7.15. The summed E-state index contributed by atoms with van der Waals surface area (Å²) in [6.45, 7) is 3.32. The van der Waals surface area contributed by atoms with E-state index in [-0.39, 0.29) is 5.91 Å². The molecule has 0 saturated carbocycles. The van der Waals surface area contributed by atoms with E-state index in [0.717, 1.165) is 49.8 Å². The average molecular weight is 336 g/mol. The van der Waals surface area contributed by atoms with Gasteiger partial charge in [-0.2, -0.15) is 0 Å². The van der Waals surface area contributed by atoms with E-state index in [0.29, 0.717) is 6.42 Å². The minimum absolute atomic E-state index is 0.133. The lowest BCUT2D eigenvalue weighted by atomic mass is 9.90. The van der Waals surface area contributed by atoms with E-state index >= 15 is 0 Å². The number of nitrogens with one attached hydrogen (secondary N) is 1. The third-order valence-electron chi connectivity index (χ3n) is 5.19. The summed E-state index contributed by atoms with van der Waals surface area (Å²) in [5.74, 6) is 1.77. The van der Waals surface area contributed by atoms with Gasteiger partial charge in [0.25, 0.3) is 0 Å². The largest absolute Gasteiger partial charge is 0.497 e. The van der Waals surface area contributed by atoms with E-state index < -0.39 is 0 Å². The van der Waals surface area contributed by atoms with Crippen LogP contribution in [0.5, 0.6) is 5.75 Å². The fourth-order valence-electron chi connectivity index (χ4n) is 3.82. The molecular weight excluding hydrogens is 312 g/mol. The van der Waals surface area contributed by atoms with Crippen molar-refractivity contribution in [3.05, 3.63) is 59.2 Å². The molecule has 2 aromatic carbocycles. The zero-order chi connectivity index (χ0) is 17.2. The van der Waals surface area contributed by atoms with E-state index in [2.05, 4.69) is 40.5 Å². The molecule has 4 nitrogen and oxygen atoms in total. The van der Waals surface area contributed by atoms with Crippen molar-refractivity contribution in [3.63, 3.8) is 0 Å². The van der Waals surface area contributed by atoms with Crippen LogP contribution in [0.1, 0.15) is 23.1 Å². The van der Waals surface area contributed by atoms with Crippen molar-refractivity contribution in [3.8, 4) is 5.75 Å². The predicted octanol–water partition coefficient (Wildman–Crippen LogP) is 3.25. The SMILES string of the molecule is COc1ccc(CN2CC(Cc3ccc4c(c3)CCC(=O)N4)C2)cc1. The number of rotatable bonds is 5. The summed E-state index contributed by atoms with van der Waals surface area (Å²) in [6.07, 6.45) is 2.60. The van der Waals surface area contributed by atoms with Gasteiger partial charge in [-0.1, -0.05) is 24.3 Å². The summed E-state index contributed by atoms with van der Waals surface area (Å²) in [4.78, 5) is 13.9. The molecule has 1 fully saturated rings. The third kappa shape index (κ3) is 3.69. The van der Waals surface area contributed by atoms with Crippen LogP contribution in [0.15, 0.2) is 42.5 Å². The van der Waals surface area contributed by atoms with Gasteiger partial charge in [-0.3, -0.25) is 9.69 Å². The van der Waals surface area contributed by atoms with Crippen LogP contribution in [0.4, 0.5) is 5.69 Å². The van der Waals surface area contributed by atoms with E-state index in [9.17, 15) is 4.79 Å². The number of nitrogens with zero attached hydrogens (tertiary/aromatic N) is 1. The summed E-state index contributed by atoms with van der Waals surface area (Å²) in [7, 11) is 1.70.